The topological polar surface area (TPSA) is 16.6 Å². The molecule has 0 fully saturated rings. The molecule has 0 aliphatic rings. The van der Waals surface area contributed by atoms with Crippen LogP contribution in [0.15, 0.2) is 60.7 Å². The summed E-state index contributed by atoms with van der Waals surface area (Å²) in [5.74, 6) is 0. The van der Waals surface area contributed by atoms with E-state index in [4.69, 9.17) is 23.2 Å². The lowest BCUT2D eigenvalue weighted by molar-refractivity contribution is -0.670. The summed E-state index contributed by atoms with van der Waals surface area (Å²) < 4.78 is 0. The molecular formula is C19H18Cl2N+. The first-order valence-corrected chi connectivity index (χ1v) is 8.21. The van der Waals surface area contributed by atoms with Crippen LogP contribution < -0.4 is 5.32 Å². The summed E-state index contributed by atoms with van der Waals surface area (Å²) in [7, 11) is 0. The average Bonchev–Trinajstić information content (AvgIpc) is 2.53. The number of fused-ring (bicyclic) bond motifs is 1. The molecule has 3 heteroatoms. The van der Waals surface area contributed by atoms with Crippen molar-refractivity contribution in [2.24, 2.45) is 0 Å². The van der Waals surface area contributed by atoms with Gasteiger partial charge in [-0.3, -0.25) is 0 Å². The number of hydrogen-bond acceptors (Lipinski definition) is 0. The fourth-order valence-electron chi connectivity index (χ4n) is 2.62. The van der Waals surface area contributed by atoms with Crippen LogP contribution in [0, 0.1) is 0 Å². The molecule has 0 saturated heterocycles. The molecule has 0 aliphatic heterocycles. The molecule has 0 amide bonds. The molecule has 0 unspecified atom stereocenters. The van der Waals surface area contributed by atoms with Crippen LogP contribution >= 0.6 is 23.2 Å². The third-order valence-electron chi connectivity index (χ3n) is 3.83. The Morgan fingerprint density at radius 3 is 2.45 bits per heavy atom. The molecule has 0 aromatic heterocycles. The van der Waals surface area contributed by atoms with E-state index in [1.165, 1.54) is 16.3 Å². The van der Waals surface area contributed by atoms with Gasteiger partial charge in [-0.05, 0) is 34.5 Å². The van der Waals surface area contributed by atoms with E-state index in [2.05, 4.69) is 47.8 Å². The Morgan fingerprint density at radius 1 is 0.818 bits per heavy atom. The monoisotopic (exact) mass is 330 g/mol. The lowest BCUT2D eigenvalue weighted by Gasteiger charge is -2.06. The molecule has 0 saturated carbocycles. The Kier molecular flexibility index (Phi) is 4.99. The zero-order valence-electron chi connectivity index (χ0n) is 12.2. The fourth-order valence-corrected chi connectivity index (χ4v) is 3.12. The highest BCUT2D eigenvalue weighted by Crippen LogP contribution is 2.20. The highest BCUT2D eigenvalue weighted by Gasteiger charge is 2.03. The molecule has 0 bridgehead atoms. The van der Waals surface area contributed by atoms with E-state index in [0.29, 0.717) is 5.02 Å². The van der Waals surface area contributed by atoms with E-state index < -0.39 is 0 Å². The Balaban J connectivity index is 1.55. The summed E-state index contributed by atoms with van der Waals surface area (Å²) in [4.78, 5) is 0. The molecular weight excluding hydrogens is 313 g/mol. The Labute approximate surface area is 140 Å². The average molecular weight is 331 g/mol. The van der Waals surface area contributed by atoms with Crippen LogP contribution in [-0.2, 0) is 13.0 Å². The van der Waals surface area contributed by atoms with E-state index in [1.54, 1.807) is 0 Å². The fraction of sp³-hybridized carbons (Fsp3) is 0.158. The van der Waals surface area contributed by atoms with Crippen molar-refractivity contribution in [1.29, 1.82) is 0 Å². The minimum absolute atomic E-state index is 0.689. The largest absolute Gasteiger partial charge is 0.342 e. The third kappa shape index (κ3) is 3.80. The van der Waals surface area contributed by atoms with Crippen LogP contribution in [0.5, 0.6) is 0 Å². The number of quaternary nitrogens is 1. The van der Waals surface area contributed by atoms with E-state index in [9.17, 15) is 0 Å². The van der Waals surface area contributed by atoms with Crippen molar-refractivity contribution in [3.8, 4) is 0 Å². The van der Waals surface area contributed by atoms with E-state index >= 15 is 0 Å². The Bertz CT molecular complexity index is 783. The van der Waals surface area contributed by atoms with Gasteiger partial charge in [0.1, 0.15) is 6.54 Å². The molecule has 0 heterocycles. The molecule has 0 aliphatic carbocycles. The summed E-state index contributed by atoms with van der Waals surface area (Å²) in [5.41, 5.74) is 2.50. The summed E-state index contributed by atoms with van der Waals surface area (Å²) in [6.45, 7) is 1.99. The molecule has 0 radical (unpaired) electrons. The summed E-state index contributed by atoms with van der Waals surface area (Å²) in [6.07, 6.45) is 0.948. The SMILES string of the molecule is Clc1ccc(CC[NH2+]Cc2ccc3ccccc3c2)c(Cl)c1. The first-order chi connectivity index (χ1) is 10.7. The van der Waals surface area contributed by atoms with Gasteiger partial charge in [-0.1, -0.05) is 65.7 Å². The second-order valence-electron chi connectivity index (χ2n) is 5.45. The van der Waals surface area contributed by atoms with Gasteiger partial charge in [-0.15, -0.1) is 0 Å². The van der Waals surface area contributed by atoms with Crippen molar-refractivity contribution in [2.75, 3.05) is 6.54 Å². The van der Waals surface area contributed by atoms with Crippen molar-refractivity contribution in [3.05, 3.63) is 81.8 Å². The normalized spacial score (nSPS) is 11.0. The van der Waals surface area contributed by atoms with Gasteiger partial charge in [0, 0.05) is 22.0 Å². The van der Waals surface area contributed by atoms with Gasteiger partial charge in [0.25, 0.3) is 0 Å². The predicted octanol–water partition coefficient (Wildman–Crippen LogP) is 4.45. The van der Waals surface area contributed by atoms with Crippen molar-refractivity contribution in [1.82, 2.24) is 0 Å². The van der Waals surface area contributed by atoms with Crippen molar-refractivity contribution in [3.63, 3.8) is 0 Å². The number of benzene rings is 3. The molecule has 3 rings (SSSR count). The van der Waals surface area contributed by atoms with E-state index in [-0.39, 0.29) is 0 Å². The smallest absolute Gasteiger partial charge is 0.101 e. The van der Waals surface area contributed by atoms with E-state index in [1.807, 2.05) is 18.2 Å². The summed E-state index contributed by atoms with van der Waals surface area (Å²) in [6, 6.07) is 20.8. The lowest BCUT2D eigenvalue weighted by atomic mass is 10.1. The quantitative estimate of drug-likeness (QED) is 0.665. The van der Waals surface area contributed by atoms with Gasteiger partial charge < -0.3 is 5.32 Å². The third-order valence-corrected chi connectivity index (χ3v) is 4.41. The van der Waals surface area contributed by atoms with Gasteiger partial charge in [-0.25, -0.2) is 0 Å². The maximum absolute atomic E-state index is 6.19. The number of hydrogen-bond donors (Lipinski definition) is 1. The maximum Gasteiger partial charge on any atom is 0.101 e. The molecule has 2 N–H and O–H groups in total. The molecule has 112 valence electrons. The minimum atomic E-state index is 0.689. The predicted molar refractivity (Wildman–Crippen MR) is 94.6 cm³/mol. The molecule has 0 spiro atoms. The standard InChI is InChI=1S/C19H17Cl2N/c20-18-8-7-16(19(21)12-18)9-10-22-13-14-5-6-15-3-1-2-4-17(15)11-14/h1-8,11-12,22H,9-10,13H2/p+1. The number of nitrogens with two attached hydrogens (primary N) is 1. The van der Waals surface area contributed by atoms with Crippen LogP contribution in [0.4, 0.5) is 0 Å². The van der Waals surface area contributed by atoms with Gasteiger partial charge in [-0.2, -0.15) is 0 Å². The second-order valence-corrected chi connectivity index (χ2v) is 6.29. The number of rotatable bonds is 5. The van der Waals surface area contributed by atoms with Crippen LogP contribution in [0.3, 0.4) is 0 Å². The van der Waals surface area contributed by atoms with Gasteiger partial charge >= 0.3 is 0 Å². The van der Waals surface area contributed by atoms with Crippen LogP contribution in [-0.4, -0.2) is 6.54 Å². The van der Waals surface area contributed by atoms with Gasteiger partial charge in [0.05, 0.1) is 6.54 Å². The molecule has 22 heavy (non-hydrogen) atoms. The first kappa shape index (κ1) is 15.4. The second kappa shape index (κ2) is 7.15. The van der Waals surface area contributed by atoms with Crippen LogP contribution in [0.1, 0.15) is 11.1 Å². The zero-order valence-corrected chi connectivity index (χ0v) is 13.7. The molecule has 1 nitrogen and oxygen atoms in total. The van der Waals surface area contributed by atoms with Gasteiger partial charge in [0.15, 0.2) is 0 Å². The van der Waals surface area contributed by atoms with Gasteiger partial charge in [0.2, 0.25) is 0 Å². The Morgan fingerprint density at radius 2 is 1.64 bits per heavy atom. The molecule has 3 aromatic rings. The molecule has 3 aromatic carbocycles. The minimum Gasteiger partial charge on any atom is -0.342 e. The molecule has 0 atom stereocenters. The van der Waals surface area contributed by atoms with E-state index in [0.717, 1.165) is 30.1 Å². The van der Waals surface area contributed by atoms with Crippen molar-refractivity contribution in [2.45, 2.75) is 13.0 Å². The number of halogens is 2. The van der Waals surface area contributed by atoms with Crippen molar-refractivity contribution >= 4 is 34.0 Å². The Hall–Kier alpha value is -1.54. The maximum atomic E-state index is 6.19. The zero-order chi connectivity index (χ0) is 15.4. The summed E-state index contributed by atoms with van der Waals surface area (Å²) >= 11 is 12.1. The lowest BCUT2D eigenvalue weighted by Crippen LogP contribution is -2.83. The summed E-state index contributed by atoms with van der Waals surface area (Å²) in [5, 5.41) is 6.35. The first-order valence-electron chi connectivity index (χ1n) is 7.45. The highest BCUT2D eigenvalue weighted by molar-refractivity contribution is 6.35. The van der Waals surface area contributed by atoms with Crippen LogP contribution in [0.25, 0.3) is 10.8 Å². The van der Waals surface area contributed by atoms with Crippen molar-refractivity contribution < 1.29 is 5.32 Å². The van der Waals surface area contributed by atoms with Crippen LogP contribution in [0.2, 0.25) is 10.0 Å². The highest BCUT2D eigenvalue weighted by atomic mass is 35.5.